The second kappa shape index (κ2) is 2.41. The molecule has 2 heteroatoms. The fraction of sp³-hybridized carbons (Fsp3) is 0.200. The summed E-state index contributed by atoms with van der Waals surface area (Å²) in [6, 6.07) is 2.28. The standard InChI is InChI=1S/C10H8F2/c1-6-2-3-8-9(6)4-7(11)5-10(8)12/h4-5H,1-3H2. The predicted octanol–water partition coefficient (Wildman–Crippen LogP) is 2.92. The van der Waals surface area contributed by atoms with E-state index in [-0.39, 0.29) is 0 Å². The molecule has 1 aromatic rings. The van der Waals surface area contributed by atoms with E-state index in [1.165, 1.54) is 6.07 Å². The van der Waals surface area contributed by atoms with Crippen LogP contribution >= 0.6 is 0 Å². The number of fused-ring (bicyclic) bond motifs is 1. The van der Waals surface area contributed by atoms with E-state index < -0.39 is 11.6 Å². The largest absolute Gasteiger partial charge is 0.207 e. The van der Waals surface area contributed by atoms with E-state index in [9.17, 15) is 8.78 Å². The highest BCUT2D eigenvalue weighted by molar-refractivity contribution is 5.70. The van der Waals surface area contributed by atoms with Gasteiger partial charge in [0.05, 0.1) is 0 Å². The minimum absolute atomic E-state index is 0.441. The highest BCUT2D eigenvalue weighted by Gasteiger charge is 2.19. The minimum Gasteiger partial charge on any atom is -0.207 e. The zero-order chi connectivity index (χ0) is 8.72. The van der Waals surface area contributed by atoms with Crippen LogP contribution in [-0.4, -0.2) is 0 Å². The molecule has 1 aromatic carbocycles. The molecular weight excluding hydrogens is 158 g/mol. The molecule has 0 radical (unpaired) electrons. The zero-order valence-electron chi connectivity index (χ0n) is 6.53. The molecule has 0 N–H and O–H groups in total. The van der Waals surface area contributed by atoms with Gasteiger partial charge in [-0.3, -0.25) is 0 Å². The first-order chi connectivity index (χ1) is 5.68. The summed E-state index contributed by atoms with van der Waals surface area (Å²) in [5.41, 5.74) is 2.11. The Morgan fingerprint density at radius 3 is 2.67 bits per heavy atom. The molecule has 0 amide bonds. The van der Waals surface area contributed by atoms with Crippen molar-refractivity contribution in [2.45, 2.75) is 12.8 Å². The van der Waals surface area contributed by atoms with Gasteiger partial charge in [0.25, 0.3) is 0 Å². The fourth-order valence-corrected chi connectivity index (χ4v) is 1.58. The molecule has 1 aliphatic rings. The van der Waals surface area contributed by atoms with Crippen LogP contribution in [0.3, 0.4) is 0 Å². The Kier molecular flexibility index (Phi) is 1.50. The van der Waals surface area contributed by atoms with E-state index in [1.54, 1.807) is 0 Å². The molecular formula is C10H8F2. The zero-order valence-corrected chi connectivity index (χ0v) is 6.53. The van der Waals surface area contributed by atoms with Crippen molar-refractivity contribution < 1.29 is 8.78 Å². The van der Waals surface area contributed by atoms with Crippen molar-refractivity contribution in [1.82, 2.24) is 0 Å². The lowest BCUT2D eigenvalue weighted by atomic mass is 10.1. The maximum atomic E-state index is 13.0. The number of halogens is 2. The molecule has 0 nitrogen and oxygen atoms in total. The summed E-state index contributed by atoms with van der Waals surface area (Å²) in [7, 11) is 0. The van der Waals surface area contributed by atoms with Crippen LogP contribution in [0.1, 0.15) is 17.5 Å². The molecule has 0 atom stereocenters. The van der Waals surface area contributed by atoms with Gasteiger partial charge in [-0.15, -0.1) is 0 Å². The molecule has 0 heterocycles. The number of benzene rings is 1. The quantitative estimate of drug-likeness (QED) is 0.555. The van der Waals surface area contributed by atoms with Crippen LogP contribution in [0.5, 0.6) is 0 Å². The van der Waals surface area contributed by atoms with Crippen LogP contribution in [0.25, 0.3) is 5.57 Å². The average Bonchev–Trinajstić information content (AvgIpc) is 2.33. The summed E-state index contributed by atoms with van der Waals surface area (Å²) in [5.74, 6) is -0.960. The van der Waals surface area contributed by atoms with Crippen molar-refractivity contribution in [3.63, 3.8) is 0 Å². The molecule has 0 bridgehead atoms. The van der Waals surface area contributed by atoms with Crippen LogP contribution in [0, 0.1) is 11.6 Å². The molecule has 2 rings (SSSR count). The Balaban J connectivity index is 2.68. The van der Waals surface area contributed by atoms with Gasteiger partial charge in [-0.2, -0.15) is 0 Å². The van der Waals surface area contributed by atoms with Gasteiger partial charge in [0.1, 0.15) is 11.6 Å². The topological polar surface area (TPSA) is 0 Å². The van der Waals surface area contributed by atoms with E-state index in [4.69, 9.17) is 0 Å². The second-order valence-electron chi connectivity index (χ2n) is 3.02. The van der Waals surface area contributed by atoms with Gasteiger partial charge in [-0.25, -0.2) is 8.78 Å². The number of allylic oxidation sites excluding steroid dienone is 1. The summed E-state index contributed by atoms with van der Waals surface area (Å²) in [6.07, 6.45) is 1.40. The molecule has 12 heavy (non-hydrogen) atoms. The summed E-state index contributed by atoms with van der Waals surface area (Å²) >= 11 is 0. The lowest BCUT2D eigenvalue weighted by Gasteiger charge is -2.00. The van der Waals surface area contributed by atoms with Crippen molar-refractivity contribution in [2.24, 2.45) is 0 Å². The predicted molar refractivity (Wildman–Crippen MR) is 43.7 cm³/mol. The second-order valence-corrected chi connectivity index (χ2v) is 3.02. The van der Waals surface area contributed by atoms with Gasteiger partial charge in [-0.1, -0.05) is 6.58 Å². The minimum atomic E-state index is -0.519. The van der Waals surface area contributed by atoms with E-state index in [1.807, 2.05) is 0 Å². The monoisotopic (exact) mass is 166 g/mol. The molecule has 0 aromatic heterocycles. The first kappa shape index (κ1) is 7.47. The summed E-state index contributed by atoms with van der Waals surface area (Å²) in [6.45, 7) is 3.74. The van der Waals surface area contributed by atoms with Crippen molar-refractivity contribution in [2.75, 3.05) is 0 Å². The summed E-state index contributed by atoms with van der Waals surface area (Å²) in [4.78, 5) is 0. The van der Waals surface area contributed by atoms with Crippen LogP contribution in [0.15, 0.2) is 18.7 Å². The molecule has 1 aliphatic carbocycles. The van der Waals surface area contributed by atoms with E-state index in [0.717, 1.165) is 18.1 Å². The molecule has 0 saturated carbocycles. The Bertz CT molecular complexity index is 353. The Labute approximate surface area is 69.5 Å². The van der Waals surface area contributed by atoms with Gasteiger partial charge in [0.15, 0.2) is 0 Å². The normalized spacial score (nSPS) is 15.0. The first-order valence-corrected chi connectivity index (χ1v) is 3.84. The van der Waals surface area contributed by atoms with Crippen molar-refractivity contribution in [1.29, 1.82) is 0 Å². The summed E-state index contributed by atoms with van der Waals surface area (Å²) < 4.78 is 25.8. The number of hydrogen-bond acceptors (Lipinski definition) is 0. The molecule has 0 fully saturated rings. The van der Waals surface area contributed by atoms with Gasteiger partial charge in [-0.05, 0) is 35.6 Å². The molecule has 0 saturated heterocycles. The van der Waals surface area contributed by atoms with Crippen molar-refractivity contribution >= 4 is 5.57 Å². The Morgan fingerprint density at radius 1 is 1.17 bits per heavy atom. The van der Waals surface area contributed by atoms with Gasteiger partial charge < -0.3 is 0 Å². The lowest BCUT2D eigenvalue weighted by molar-refractivity contribution is 0.574. The third kappa shape index (κ3) is 0.951. The Hall–Kier alpha value is -1.18. The lowest BCUT2D eigenvalue weighted by Crippen LogP contribution is -1.89. The van der Waals surface area contributed by atoms with Crippen LogP contribution in [0.4, 0.5) is 8.78 Å². The van der Waals surface area contributed by atoms with E-state index in [2.05, 4.69) is 6.58 Å². The molecule has 0 unspecified atom stereocenters. The van der Waals surface area contributed by atoms with Crippen molar-refractivity contribution in [3.8, 4) is 0 Å². The van der Waals surface area contributed by atoms with Crippen LogP contribution < -0.4 is 0 Å². The first-order valence-electron chi connectivity index (χ1n) is 3.84. The molecule has 62 valence electrons. The molecule has 0 aliphatic heterocycles. The molecule has 0 spiro atoms. The Morgan fingerprint density at radius 2 is 1.92 bits per heavy atom. The highest BCUT2D eigenvalue weighted by Crippen LogP contribution is 2.32. The highest BCUT2D eigenvalue weighted by atomic mass is 19.1. The smallest absolute Gasteiger partial charge is 0.129 e. The maximum Gasteiger partial charge on any atom is 0.129 e. The third-order valence-corrected chi connectivity index (χ3v) is 2.22. The van der Waals surface area contributed by atoms with Crippen LogP contribution in [0.2, 0.25) is 0 Å². The maximum absolute atomic E-state index is 13.0. The van der Waals surface area contributed by atoms with Gasteiger partial charge >= 0.3 is 0 Å². The van der Waals surface area contributed by atoms with Gasteiger partial charge in [0, 0.05) is 6.07 Å². The van der Waals surface area contributed by atoms with Crippen molar-refractivity contribution in [3.05, 3.63) is 41.5 Å². The van der Waals surface area contributed by atoms with Gasteiger partial charge in [0.2, 0.25) is 0 Å². The number of rotatable bonds is 0. The average molecular weight is 166 g/mol. The fourth-order valence-electron chi connectivity index (χ4n) is 1.58. The summed E-state index contributed by atoms with van der Waals surface area (Å²) in [5, 5.41) is 0. The van der Waals surface area contributed by atoms with E-state index >= 15 is 0 Å². The SMILES string of the molecule is C=C1CCc2c(F)cc(F)cc21. The third-order valence-electron chi connectivity index (χ3n) is 2.22. The van der Waals surface area contributed by atoms with E-state index in [0.29, 0.717) is 17.5 Å². The number of hydrogen-bond donors (Lipinski definition) is 0. The van der Waals surface area contributed by atoms with Crippen LogP contribution in [-0.2, 0) is 6.42 Å².